The second-order valence-corrected chi connectivity index (χ2v) is 4.89. The van der Waals surface area contributed by atoms with Crippen molar-refractivity contribution in [2.24, 2.45) is 0 Å². The van der Waals surface area contributed by atoms with E-state index in [4.69, 9.17) is 0 Å². The van der Waals surface area contributed by atoms with Gasteiger partial charge in [-0.15, -0.1) is 0 Å². The van der Waals surface area contributed by atoms with Crippen molar-refractivity contribution >= 4 is 6.29 Å². The molecule has 2 heteroatoms. The monoisotopic (exact) mass is 241 g/mol. The minimum atomic E-state index is 0.722. The van der Waals surface area contributed by atoms with Crippen molar-refractivity contribution in [2.45, 2.75) is 77.6 Å². The van der Waals surface area contributed by atoms with E-state index in [-0.39, 0.29) is 0 Å². The van der Waals surface area contributed by atoms with Gasteiger partial charge < -0.3 is 10.1 Å². The Morgan fingerprint density at radius 3 is 1.88 bits per heavy atom. The molecule has 0 unspecified atom stereocenters. The third-order valence-electron chi connectivity index (χ3n) is 3.13. The first-order valence-electron chi connectivity index (χ1n) is 7.56. The highest BCUT2D eigenvalue weighted by molar-refractivity contribution is 5.48. The normalized spacial score (nSPS) is 10.6. The van der Waals surface area contributed by atoms with Gasteiger partial charge in [-0.05, 0) is 32.4 Å². The molecule has 0 aliphatic rings. The Bertz CT molecular complexity index is 148. The van der Waals surface area contributed by atoms with Gasteiger partial charge in [-0.1, -0.05) is 51.9 Å². The maximum Gasteiger partial charge on any atom is 0.119 e. The summed E-state index contributed by atoms with van der Waals surface area (Å²) < 4.78 is 0. The Balaban J connectivity index is 2.87. The number of hydrogen-bond acceptors (Lipinski definition) is 2. The zero-order valence-electron chi connectivity index (χ0n) is 11.7. The Kier molecular flexibility index (Phi) is 15.3. The molecule has 0 aromatic rings. The Morgan fingerprint density at radius 2 is 1.29 bits per heavy atom. The third kappa shape index (κ3) is 15.6. The van der Waals surface area contributed by atoms with Crippen LogP contribution in [0.25, 0.3) is 0 Å². The summed E-state index contributed by atoms with van der Waals surface area (Å²) in [6.45, 7) is 4.49. The van der Waals surface area contributed by atoms with Gasteiger partial charge in [-0.2, -0.15) is 0 Å². The maximum atomic E-state index is 10.1. The highest BCUT2D eigenvalue weighted by Crippen LogP contribution is 2.07. The molecule has 0 fully saturated rings. The van der Waals surface area contributed by atoms with Crippen LogP contribution < -0.4 is 5.32 Å². The summed E-state index contributed by atoms with van der Waals surface area (Å²) in [5.74, 6) is 0. The van der Waals surface area contributed by atoms with E-state index in [0.29, 0.717) is 0 Å². The number of rotatable bonds is 14. The van der Waals surface area contributed by atoms with Crippen LogP contribution in [0.5, 0.6) is 0 Å². The molecule has 0 saturated carbocycles. The van der Waals surface area contributed by atoms with E-state index in [1.54, 1.807) is 0 Å². The van der Waals surface area contributed by atoms with Crippen LogP contribution in [0.15, 0.2) is 0 Å². The average Bonchev–Trinajstić information content (AvgIpc) is 2.35. The molecule has 0 saturated heterocycles. The van der Waals surface area contributed by atoms with E-state index >= 15 is 0 Å². The summed E-state index contributed by atoms with van der Waals surface area (Å²) >= 11 is 0. The lowest BCUT2D eigenvalue weighted by molar-refractivity contribution is -0.107. The predicted molar refractivity (Wildman–Crippen MR) is 75.4 cm³/mol. The van der Waals surface area contributed by atoms with Crippen molar-refractivity contribution in [1.82, 2.24) is 5.32 Å². The molecule has 0 heterocycles. The first-order chi connectivity index (χ1) is 8.41. The molecule has 0 atom stereocenters. The topological polar surface area (TPSA) is 29.1 Å². The van der Waals surface area contributed by atoms with Gasteiger partial charge >= 0.3 is 0 Å². The zero-order valence-corrected chi connectivity index (χ0v) is 11.7. The quantitative estimate of drug-likeness (QED) is 0.367. The van der Waals surface area contributed by atoms with Gasteiger partial charge in [-0.25, -0.2) is 0 Å². The van der Waals surface area contributed by atoms with Crippen LogP contribution in [0, 0.1) is 0 Å². The molecule has 102 valence electrons. The fraction of sp³-hybridized carbons (Fsp3) is 0.933. The molecule has 0 radical (unpaired) electrons. The molecule has 0 amide bonds. The van der Waals surface area contributed by atoms with Crippen LogP contribution in [0.2, 0.25) is 0 Å². The standard InChI is InChI=1S/C15H31NO/c1-2-3-4-5-6-7-8-10-13-16-14-11-9-12-15-17/h15-16H,2-14H2,1H3. The molecule has 1 N–H and O–H groups in total. The highest BCUT2D eigenvalue weighted by Gasteiger charge is 1.92. The number of carbonyl (C=O) groups excluding carboxylic acids is 1. The smallest absolute Gasteiger partial charge is 0.119 e. The van der Waals surface area contributed by atoms with Gasteiger partial charge in [0.2, 0.25) is 0 Å². The lowest BCUT2D eigenvalue weighted by Crippen LogP contribution is -2.16. The number of nitrogens with one attached hydrogen (secondary N) is 1. The zero-order chi connectivity index (χ0) is 12.6. The van der Waals surface area contributed by atoms with Crippen LogP contribution in [0.4, 0.5) is 0 Å². The van der Waals surface area contributed by atoms with E-state index in [9.17, 15) is 4.79 Å². The van der Waals surface area contributed by atoms with E-state index < -0.39 is 0 Å². The molecule has 0 rings (SSSR count). The van der Waals surface area contributed by atoms with Crippen molar-refractivity contribution in [1.29, 1.82) is 0 Å². The fourth-order valence-electron chi connectivity index (χ4n) is 1.99. The van der Waals surface area contributed by atoms with E-state index in [1.807, 2.05) is 0 Å². The Morgan fingerprint density at radius 1 is 0.765 bits per heavy atom. The lowest BCUT2D eigenvalue weighted by atomic mass is 10.1. The summed E-state index contributed by atoms with van der Waals surface area (Å²) in [7, 11) is 0. The molecule has 2 nitrogen and oxygen atoms in total. The summed E-state index contributed by atoms with van der Waals surface area (Å²) in [6, 6.07) is 0. The van der Waals surface area contributed by atoms with Gasteiger partial charge in [0.15, 0.2) is 0 Å². The third-order valence-corrected chi connectivity index (χ3v) is 3.13. The van der Waals surface area contributed by atoms with Crippen molar-refractivity contribution in [3.8, 4) is 0 Å². The van der Waals surface area contributed by atoms with Crippen LogP contribution in [0.3, 0.4) is 0 Å². The van der Waals surface area contributed by atoms with Crippen LogP contribution >= 0.6 is 0 Å². The summed E-state index contributed by atoms with van der Waals surface area (Å²) in [5, 5.41) is 3.44. The van der Waals surface area contributed by atoms with Gasteiger partial charge in [0, 0.05) is 6.42 Å². The fourth-order valence-corrected chi connectivity index (χ4v) is 1.99. The lowest BCUT2D eigenvalue weighted by Gasteiger charge is -2.04. The SMILES string of the molecule is CCCCCCCCCCNCCCCC=O. The number of hydrogen-bond donors (Lipinski definition) is 1. The first-order valence-corrected chi connectivity index (χ1v) is 7.56. The van der Waals surface area contributed by atoms with E-state index in [2.05, 4.69) is 12.2 Å². The molecule has 0 aliphatic carbocycles. The highest BCUT2D eigenvalue weighted by atomic mass is 16.1. The van der Waals surface area contributed by atoms with Crippen LogP contribution in [0.1, 0.15) is 77.6 Å². The largest absolute Gasteiger partial charge is 0.317 e. The molecule has 0 aromatic carbocycles. The molecule has 0 aromatic heterocycles. The van der Waals surface area contributed by atoms with Gasteiger partial charge in [-0.3, -0.25) is 0 Å². The predicted octanol–water partition coefficient (Wildman–Crippen LogP) is 4.09. The van der Waals surface area contributed by atoms with Gasteiger partial charge in [0.1, 0.15) is 6.29 Å². The summed E-state index contributed by atoms with van der Waals surface area (Å²) in [5.41, 5.74) is 0. The minimum Gasteiger partial charge on any atom is -0.317 e. The van der Waals surface area contributed by atoms with Crippen molar-refractivity contribution in [2.75, 3.05) is 13.1 Å². The Hall–Kier alpha value is -0.370. The van der Waals surface area contributed by atoms with E-state index in [1.165, 1.54) is 51.4 Å². The van der Waals surface area contributed by atoms with Crippen molar-refractivity contribution in [3.05, 3.63) is 0 Å². The molecule has 17 heavy (non-hydrogen) atoms. The molecule has 0 spiro atoms. The Labute approximate surface area is 108 Å². The number of aldehydes is 1. The molecule has 0 bridgehead atoms. The number of carbonyl (C=O) groups is 1. The molecular formula is C15H31NO. The first kappa shape index (κ1) is 16.6. The average molecular weight is 241 g/mol. The summed E-state index contributed by atoms with van der Waals surface area (Å²) in [4.78, 5) is 10.1. The van der Waals surface area contributed by atoms with Gasteiger partial charge in [0.25, 0.3) is 0 Å². The van der Waals surface area contributed by atoms with Crippen LogP contribution in [-0.4, -0.2) is 19.4 Å². The van der Waals surface area contributed by atoms with Crippen LogP contribution in [-0.2, 0) is 4.79 Å². The van der Waals surface area contributed by atoms with Gasteiger partial charge in [0.05, 0.1) is 0 Å². The molecular weight excluding hydrogens is 210 g/mol. The maximum absolute atomic E-state index is 10.1. The van der Waals surface area contributed by atoms with Crippen molar-refractivity contribution in [3.63, 3.8) is 0 Å². The summed E-state index contributed by atoms with van der Waals surface area (Å²) in [6.07, 6.45) is 15.0. The van der Waals surface area contributed by atoms with Crippen molar-refractivity contribution < 1.29 is 4.79 Å². The van der Waals surface area contributed by atoms with E-state index in [0.717, 1.165) is 38.6 Å². The molecule has 0 aliphatic heterocycles. The number of unbranched alkanes of at least 4 members (excludes halogenated alkanes) is 9. The second-order valence-electron chi connectivity index (χ2n) is 4.89. The minimum absolute atomic E-state index is 0.722. The second kappa shape index (κ2) is 15.6.